The molecule has 0 heterocycles. The highest BCUT2D eigenvalue weighted by molar-refractivity contribution is 5.40. The maximum Gasteiger partial charge on any atom is 0.165 e. The van der Waals surface area contributed by atoms with Crippen molar-refractivity contribution in [2.45, 2.75) is 6.61 Å². The van der Waals surface area contributed by atoms with Crippen molar-refractivity contribution in [1.82, 2.24) is 0 Å². The molecule has 0 saturated heterocycles. The third-order valence-electron chi connectivity index (χ3n) is 2.80. The topological polar surface area (TPSA) is 38.7 Å². The fourth-order valence-corrected chi connectivity index (χ4v) is 1.72. The van der Waals surface area contributed by atoms with Crippen LogP contribution in [0.3, 0.4) is 0 Å². The number of benzene rings is 2. The summed E-state index contributed by atoms with van der Waals surface area (Å²) in [5.74, 6) is 5.67. The minimum atomic E-state index is -0.446. The molecule has 2 aromatic rings. The van der Waals surface area contributed by atoms with Gasteiger partial charge in [0.05, 0.1) is 7.11 Å². The van der Waals surface area contributed by atoms with Crippen LogP contribution >= 0.6 is 0 Å². The average Bonchev–Trinajstić information content (AvgIpc) is 2.53. The molecule has 21 heavy (non-hydrogen) atoms. The molecule has 1 N–H and O–H groups in total. The van der Waals surface area contributed by atoms with E-state index >= 15 is 0 Å². The van der Waals surface area contributed by atoms with Crippen LogP contribution in [0, 0.1) is 17.7 Å². The van der Waals surface area contributed by atoms with Gasteiger partial charge in [0.15, 0.2) is 11.6 Å². The third kappa shape index (κ3) is 4.23. The van der Waals surface area contributed by atoms with E-state index in [4.69, 9.17) is 14.6 Å². The lowest BCUT2D eigenvalue weighted by molar-refractivity contribution is 0.290. The molecule has 0 atom stereocenters. The van der Waals surface area contributed by atoms with Gasteiger partial charge in [-0.2, -0.15) is 0 Å². The molecular formula is C17H15FO3. The van der Waals surface area contributed by atoms with E-state index in [2.05, 4.69) is 11.8 Å². The van der Waals surface area contributed by atoms with Gasteiger partial charge < -0.3 is 14.6 Å². The third-order valence-corrected chi connectivity index (χ3v) is 2.80. The van der Waals surface area contributed by atoms with Gasteiger partial charge >= 0.3 is 0 Å². The Hall–Kier alpha value is -2.51. The number of hydrogen-bond acceptors (Lipinski definition) is 3. The summed E-state index contributed by atoms with van der Waals surface area (Å²) >= 11 is 0. The number of hydrogen-bond donors (Lipinski definition) is 1. The standard InChI is InChI=1S/C17H15FO3/c1-20-15-7-4-14(5-8-15)12-21-17-11-13(3-2-10-19)6-9-16(17)18/h4-9,11,19H,10,12H2,1H3. The molecule has 2 rings (SSSR count). The maximum atomic E-state index is 13.7. The predicted octanol–water partition coefficient (Wildman–Crippen LogP) is 2.76. The Morgan fingerprint density at radius 3 is 2.57 bits per heavy atom. The molecular weight excluding hydrogens is 271 g/mol. The van der Waals surface area contributed by atoms with Gasteiger partial charge in [0.1, 0.15) is 19.0 Å². The molecule has 4 heteroatoms. The summed E-state index contributed by atoms with van der Waals surface area (Å²) in [7, 11) is 1.60. The van der Waals surface area contributed by atoms with Crippen molar-refractivity contribution in [2.75, 3.05) is 13.7 Å². The molecule has 0 bridgehead atoms. The van der Waals surface area contributed by atoms with Gasteiger partial charge in [0.25, 0.3) is 0 Å². The van der Waals surface area contributed by atoms with Crippen molar-refractivity contribution in [3.8, 4) is 23.3 Å². The molecule has 0 aromatic heterocycles. The zero-order valence-electron chi connectivity index (χ0n) is 11.6. The number of aliphatic hydroxyl groups is 1. The summed E-state index contributed by atoms with van der Waals surface area (Å²) in [6.45, 7) is 0.0111. The fraction of sp³-hybridized carbons (Fsp3) is 0.176. The molecule has 0 aliphatic rings. The summed E-state index contributed by atoms with van der Waals surface area (Å²) in [5, 5.41) is 8.66. The largest absolute Gasteiger partial charge is 0.497 e. The quantitative estimate of drug-likeness (QED) is 0.878. The molecule has 0 amide bonds. The number of aliphatic hydroxyl groups excluding tert-OH is 1. The molecule has 3 nitrogen and oxygen atoms in total. The summed E-state index contributed by atoms with van der Waals surface area (Å²) in [5.41, 5.74) is 1.50. The molecule has 0 spiro atoms. The summed E-state index contributed by atoms with van der Waals surface area (Å²) in [6.07, 6.45) is 0. The van der Waals surface area contributed by atoms with Crippen molar-refractivity contribution in [3.05, 3.63) is 59.4 Å². The van der Waals surface area contributed by atoms with Crippen molar-refractivity contribution in [3.63, 3.8) is 0 Å². The second kappa shape index (κ2) is 7.32. The summed E-state index contributed by atoms with van der Waals surface area (Å²) in [6, 6.07) is 11.7. The van der Waals surface area contributed by atoms with Crippen LogP contribution < -0.4 is 9.47 Å². The van der Waals surface area contributed by atoms with Gasteiger partial charge in [0.2, 0.25) is 0 Å². The van der Waals surface area contributed by atoms with Crippen LogP contribution in [0.2, 0.25) is 0 Å². The van der Waals surface area contributed by atoms with Crippen LogP contribution in [0.4, 0.5) is 4.39 Å². The van der Waals surface area contributed by atoms with E-state index in [1.54, 1.807) is 7.11 Å². The monoisotopic (exact) mass is 286 g/mol. The zero-order chi connectivity index (χ0) is 15.1. The van der Waals surface area contributed by atoms with Gasteiger partial charge in [-0.05, 0) is 35.9 Å². The lowest BCUT2D eigenvalue weighted by atomic mass is 10.2. The first-order chi connectivity index (χ1) is 10.2. The molecule has 0 fully saturated rings. The van der Waals surface area contributed by atoms with E-state index in [0.717, 1.165) is 11.3 Å². The van der Waals surface area contributed by atoms with E-state index in [9.17, 15) is 4.39 Å². The van der Waals surface area contributed by atoms with E-state index in [1.807, 2.05) is 24.3 Å². The number of ether oxygens (including phenoxy) is 2. The fourth-order valence-electron chi connectivity index (χ4n) is 1.72. The van der Waals surface area contributed by atoms with Crippen LogP contribution in [-0.2, 0) is 6.61 Å². The lowest BCUT2D eigenvalue weighted by Gasteiger charge is -2.08. The Bertz CT molecular complexity index is 654. The van der Waals surface area contributed by atoms with E-state index in [1.165, 1.54) is 18.2 Å². The van der Waals surface area contributed by atoms with Gasteiger partial charge in [-0.3, -0.25) is 0 Å². The van der Waals surface area contributed by atoms with Crippen LogP contribution in [0.5, 0.6) is 11.5 Å². The highest BCUT2D eigenvalue weighted by Gasteiger charge is 2.05. The Morgan fingerprint density at radius 2 is 1.90 bits per heavy atom. The molecule has 2 aromatic carbocycles. The minimum absolute atomic E-state index is 0.135. The highest BCUT2D eigenvalue weighted by Crippen LogP contribution is 2.20. The first-order valence-corrected chi connectivity index (χ1v) is 6.38. The van der Waals surface area contributed by atoms with Crippen LogP contribution in [-0.4, -0.2) is 18.8 Å². The summed E-state index contributed by atoms with van der Waals surface area (Å²) < 4.78 is 24.2. The molecule has 0 saturated carbocycles. The Morgan fingerprint density at radius 1 is 1.14 bits per heavy atom. The van der Waals surface area contributed by atoms with Crippen molar-refractivity contribution < 1.29 is 19.0 Å². The average molecular weight is 286 g/mol. The second-order valence-electron chi connectivity index (χ2n) is 4.24. The molecule has 0 aliphatic carbocycles. The Balaban J connectivity index is 2.07. The normalized spacial score (nSPS) is 9.67. The van der Waals surface area contributed by atoms with Gasteiger partial charge in [-0.25, -0.2) is 4.39 Å². The molecule has 0 unspecified atom stereocenters. The predicted molar refractivity (Wildman–Crippen MR) is 77.7 cm³/mol. The van der Waals surface area contributed by atoms with E-state index in [-0.39, 0.29) is 19.0 Å². The van der Waals surface area contributed by atoms with E-state index < -0.39 is 5.82 Å². The van der Waals surface area contributed by atoms with Crippen molar-refractivity contribution in [2.24, 2.45) is 0 Å². The first-order valence-electron chi connectivity index (χ1n) is 6.38. The van der Waals surface area contributed by atoms with Gasteiger partial charge in [-0.1, -0.05) is 24.0 Å². The maximum absolute atomic E-state index is 13.7. The van der Waals surface area contributed by atoms with Gasteiger partial charge in [0, 0.05) is 5.56 Å². The van der Waals surface area contributed by atoms with E-state index in [0.29, 0.717) is 5.56 Å². The number of halogens is 1. The second-order valence-corrected chi connectivity index (χ2v) is 4.24. The zero-order valence-corrected chi connectivity index (χ0v) is 11.6. The Kier molecular flexibility index (Phi) is 5.19. The van der Waals surface area contributed by atoms with Crippen LogP contribution in [0.15, 0.2) is 42.5 Å². The first kappa shape index (κ1) is 14.9. The SMILES string of the molecule is COc1ccc(COc2cc(C#CCO)ccc2F)cc1. The van der Waals surface area contributed by atoms with Crippen molar-refractivity contribution >= 4 is 0 Å². The highest BCUT2D eigenvalue weighted by atomic mass is 19.1. The number of methoxy groups -OCH3 is 1. The smallest absolute Gasteiger partial charge is 0.165 e. The molecule has 0 aliphatic heterocycles. The molecule has 108 valence electrons. The van der Waals surface area contributed by atoms with Crippen LogP contribution in [0.1, 0.15) is 11.1 Å². The Labute approximate surface area is 122 Å². The van der Waals surface area contributed by atoms with Crippen molar-refractivity contribution in [1.29, 1.82) is 0 Å². The minimum Gasteiger partial charge on any atom is -0.497 e. The van der Waals surface area contributed by atoms with Gasteiger partial charge in [-0.15, -0.1) is 0 Å². The molecule has 0 radical (unpaired) electrons. The van der Waals surface area contributed by atoms with Crippen LogP contribution in [0.25, 0.3) is 0 Å². The summed E-state index contributed by atoms with van der Waals surface area (Å²) in [4.78, 5) is 0. The number of rotatable bonds is 4. The lowest BCUT2D eigenvalue weighted by Crippen LogP contribution is -1.98.